The smallest absolute Gasteiger partial charge is 0.132 e. The molecule has 1 rings (SSSR count). The van der Waals surface area contributed by atoms with Crippen molar-refractivity contribution in [3.05, 3.63) is 35.9 Å². The van der Waals surface area contributed by atoms with E-state index in [2.05, 4.69) is 0 Å². The Labute approximate surface area is 144 Å². The number of carbonyl (C=O) groups is 1. The van der Waals surface area contributed by atoms with E-state index in [9.17, 15) is 4.79 Å². The van der Waals surface area contributed by atoms with Crippen LogP contribution in [0, 0.1) is 5.92 Å². The lowest BCUT2D eigenvalue weighted by Gasteiger charge is -2.28. The number of hydrogen-bond donors (Lipinski definition) is 0. The molecule has 23 heavy (non-hydrogen) atoms. The Morgan fingerprint density at radius 1 is 1.13 bits per heavy atom. The van der Waals surface area contributed by atoms with Gasteiger partial charge in [0.2, 0.25) is 0 Å². The van der Waals surface area contributed by atoms with Gasteiger partial charge in [-0.25, -0.2) is 0 Å². The first kappa shape index (κ1) is 23.7. The lowest BCUT2D eigenvalue weighted by molar-refractivity contribution is -0.121. The molecule has 0 aliphatic heterocycles. The van der Waals surface area contributed by atoms with E-state index < -0.39 is 0 Å². The standard InChI is InChI=1S/C17H24O2.2C2H6/c1-6-7-15-8-10-16(11-9-15)19-17(4,5)12-13(2)14(3)18;2*1-2/h6-11,13H,12H2,1-5H3;2*1-2H3/b7-6+;;. The molecule has 1 aromatic carbocycles. The van der Waals surface area contributed by atoms with Crippen molar-refractivity contribution in [2.24, 2.45) is 5.92 Å². The van der Waals surface area contributed by atoms with Crippen molar-refractivity contribution >= 4 is 11.9 Å². The van der Waals surface area contributed by atoms with Crippen molar-refractivity contribution in [1.29, 1.82) is 0 Å². The summed E-state index contributed by atoms with van der Waals surface area (Å²) in [6, 6.07) is 7.99. The van der Waals surface area contributed by atoms with Crippen LogP contribution < -0.4 is 4.74 Å². The Morgan fingerprint density at radius 2 is 1.61 bits per heavy atom. The van der Waals surface area contributed by atoms with Gasteiger partial charge in [0.25, 0.3) is 0 Å². The predicted octanol–water partition coefficient (Wildman–Crippen LogP) is 6.54. The molecular formula is C21H36O2. The first-order valence-electron chi connectivity index (χ1n) is 8.76. The zero-order chi connectivity index (χ0) is 18.5. The van der Waals surface area contributed by atoms with Crippen molar-refractivity contribution in [1.82, 2.24) is 0 Å². The Balaban J connectivity index is 0. The van der Waals surface area contributed by atoms with Crippen LogP contribution in [0.2, 0.25) is 0 Å². The second-order valence-electron chi connectivity index (χ2n) is 5.65. The van der Waals surface area contributed by atoms with Gasteiger partial charge in [-0.1, -0.05) is 58.9 Å². The third-order valence-electron chi connectivity index (χ3n) is 3.13. The van der Waals surface area contributed by atoms with E-state index in [1.54, 1.807) is 6.92 Å². The molecule has 0 aromatic heterocycles. The molecule has 0 heterocycles. The summed E-state index contributed by atoms with van der Waals surface area (Å²) in [4.78, 5) is 11.3. The second kappa shape index (κ2) is 12.9. The molecule has 0 saturated carbocycles. The van der Waals surface area contributed by atoms with Gasteiger partial charge in [-0.15, -0.1) is 0 Å². The minimum atomic E-state index is -0.340. The van der Waals surface area contributed by atoms with Gasteiger partial charge in [-0.05, 0) is 51.8 Å². The van der Waals surface area contributed by atoms with E-state index in [4.69, 9.17) is 4.74 Å². The van der Waals surface area contributed by atoms with Crippen LogP contribution in [0.3, 0.4) is 0 Å². The zero-order valence-electron chi connectivity index (χ0n) is 16.6. The van der Waals surface area contributed by atoms with Gasteiger partial charge in [0, 0.05) is 5.92 Å². The Bertz CT molecular complexity index is 441. The van der Waals surface area contributed by atoms with Gasteiger partial charge in [-0.3, -0.25) is 4.79 Å². The van der Waals surface area contributed by atoms with E-state index in [1.807, 2.05) is 91.8 Å². The highest BCUT2D eigenvalue weighted by molar-refractivity contribution is 5.77. The summed E-state index contributed by atoms with van der Waals surface area (Å²) in [5.74, 6) is 1.08. The molecule has 0 spiro atoms. The summed E-state index contributed by atoms with van der Waals surface area (Å²) in [6.07, 6.45) is 4.78. The van der Waals surface area contributed by atoms with Crippen molar-refractivity contribution in [3.8, 4) is 5.75 Å². The minimum absolute atomic E-state index is 0.0253. The van der Waals surface area contributed by atoms with Crippen LogP contribution in [0.15, 0.2) is 30.3 Å². The molecule has 0 amide bonds. The number of rotatable bonds is 6. The highest BCUT2D eigenvalue weighted by Crippen LogP contribution is 2.25. The molecule has 1 aromatic rings. The first-order valence-corrected chi connectivity index (χ1v) is 8.76. The van der Waals surface area contributed by atoms with E-state index >= 15 is 0 Å². The highest BCUT2D eigenvalue weighted by atomic mass is 16.5. The molecule has 1 unspecified atom stereocenters. The molecule has 0 aliphatic rings. The number of carbonyl (C=O) groups excluding carboxylic acids is 1. The summed E-state index contributed by atoms with van der Waals surface area (Å²) in [5.41, 5.74) is 0.817. The van der Waals surface area contributed by atoms with Gasteiger partial charge in [0.1, 0.15) is 17.1 Å². The van der Waals surface area contributed by atoms with E-state index in [0.29, 0.717) is 0 Å². The summed E-state index contributed by atoms with van der Waals surface area (Å²) >= 11 is 0. The average molecular weight is 321 g/mol. The lowest BCUT2D eigenvalue weighted by atomic mass is 9.92. The number of allylic oxidation sites excluding steroid dienone is 1. The number of benzene rings is 1. The van der Waals surface area contributed by atoms with Gasteiger partial charge in [-0.2, -0.15) is 0 Å². The molecule has 132 valence electrons. The summed E-state index contributed by atoms with van der Waals surface area (Å²) < 4.78 is 5.98. The number of hydrogen-bond acceptors (Lipinski definition) is 2. The third-order valence-corrected chi connectivity index (χ3v) is 3.13. The SMILES string of the molecule is C/C=C/c1ccc(OC(C)(C)CC(C)C(C)=O)cc1.CC.CC. The number of ketones is 1. The van der Waals surface area contributed by atoms with Crippen LogP contribution in [-0.2, 0) is 4.79 Å². The molecule has 0 fully saturated rings. The number of ether oxygens (including phenoxy) is 1. The molecule has 2 nitrogen and oxygen atoms in total. The summed E-state index contributed by atoms with van der Waals surface area (Å²) in [5, 5.41) is 0. The average Bonchev–Trinajstić information content (AvgIpc) is 2.52. The molecule has 0 aliphatic carbocycles. The van der Waals surface area contributed by atoms with Crippen LogP contribution in [0.5, 0.6) is 5.75 Å². The first-order chi connectivity index (χ1) is 10.8. The molecule has 0 radical (unpaired) electrons. The van der Waals surface area contributed by atoms with Gasteiger partial charge in [0.15, 0.2) is 0 Å². The van der Waals surface area contributed by atoms with Crippen LogP contribution in [-0.4, -0.2) is 11.4 Å². The molecule has 2 heteroatoms. The molecular weight excluding hydrogens is 284 g/mol. The normalized spacial score (nSPS) is 11.7. The van der Waals surface area contributed by atoms with Gasteiger partial charge >= 0.3 is 0 Å². The van der Waals surface area contributed by atoms with Gasteiger partial charge < -0.3 is 4.74 Å². The fourth-order valence-electron chi connectivity index (χ4n) is 2.08. The maximum atomic E-state index is 11.3. The van der Waals surface area contributed by atoms with E-state index in [-0.39, 0.29) is 17.3 Å². The van der Waals surface area contributed by atoms with E-state index in [1.165, 1.54) is 0 Å². The van der Waals surface area contributed by atoms with Crippen LogP contribution >= 0.6 is 0 Å². The van der Waals surface area contributed by atoms with Crippen molar-refractivity contribution in [2.75, 3.05) is 0 Å². The number of Topliss-reactive ketones (excluding diaryl/α,β-unsaturated/α-hetero) is 1. The topological polar surface area (TPSA) is 26.3 Å². The second-order valence-corrected chi connectivity index (χ2v) is 5.65. The lowest BCUT2D eigenvalue weighted by Crippen LogP contribution is -2.32. The summed E-state index contributed by atoms with van der Waals surface area (Å²) in [7, 11) is 0. The quantitative estimate of drug-likeness (QED) is 0.594. The monoisotopic (exact) mass is 320 g/mol. The van der Waals surface area contributed by atoms with Crippen molar-refractivity contribution < 1.29 is 9.53 Å². The molecule has 1 atom stereocenters. The van der Waals surface area contributed by atoms with Crippen LogP contribution in [0.1, 0.15) is 74.3 Å². The van der Waals surface area contributed by atoms with Crippen LogP contribution in [0.4, 0.5) is 0 Å². The van der Waals surface area contributed by atoms with Gasteiger partial charge in [0.05, 0.1) is 0 Å². The molecule has 0 N–H and O–H groups in total. The third kappa shape index (κ3) is 10.7. The fraction of sp³-hybridized carbons (Fsp3) is 0.571. The Hall–Kier alpha value is -1.57. The Morgan fingerprint density at radius 3 is 2.00 bits per heavy atom. The maximum Gasteiger partial charge on any atom is 0.132 e. The highest BCUT2D eigenvalue weighted by Gasteiger charge is 2.25. The molecule has 0 saturated heterocycles. The van der Waals surface area contributed by atoms with Crippen molar-refractivity contribution in [3.63, 3.8) is 0 Å². The molecule has 0 bridgehead atoms. The largest absolute Gasteiger partial charge is 0.488 e. The Kier molecular flexibility index (Phi) is 13.3. The van der Waals surface area contributed by atoms with E-state index in [0.717, 1.165) is 17.7 Å². The van der Waals surface area contributed by atoms with Crippen LogP contribution in [0.25, 0.3) is 6.08 Å². The zero-order valence-corrected chi connectivity index (χ0v) is 16.6. The fourth-order valence-corrected chi connectivity index (χ4v) is 2.08. The maximum absolute atomic E-state index is 11.3. The predicted molar refractivity (Wildman–Crippen MR) is 103 cm³/mol. The minimum Gasteiger partial charge on any atom is -0.488 e. The van der Waals surface area contributed by atoms with Crippen molar-refractivity contribution in [2.45, 2.75) is 74.3 Å². The summed E-state index contributed by atoms with van der Waals surface area (Å²) in [6.45, 7) is 17.6.